The van der Waals surface area contributed by atoms with E-state index in [0.717, 1.165) is 22.7 Å². The third-order valence-corrected chi connectivity index (χ3v) is 7.19. The molecule has 3 rings (SSSR count). The minimum absolute atomic E-state index is 0.212. The van der Waals surface area contributed by atoms with Gasteiger partial charge in [0.1, 0.15) is 9.88 Å². The summed E-state index contributed by atoms with van der Waals surface area (Å²) >= 11 is 8.36. The second-order valence-electron chi connectivity index (χ2n) is 6.87. The Labute approximate surface area is 167 Å². The highest BCUT2D eigenvalue weighted by Crippen LogP contribution is 2.30. The average molecular weight is 409 g/mol. The smallest absolute Gasteiger partial charge is 0.281 e. The molecule has 0 radical (unpaired) electrons. The molecule has 3 N–H and O–H groups in total. The molecule has 0 saturated heterocycles. The Kier molecular flexibility index (Phi) is 6.26. The lowest BCUT2D eigenvalue weighted by molar-refractivity contribution is 0.0946. The summed E-state index contributed by atoms with van der Waals surface area (Å²) in [5, 5.41) is 8.70. The number of carbonyl (C=O) groups excluding carboxylic acids is 1. The first-order chi connectivity index (χ1) is 12.5. The number of thiocarbonyl (C=S) groups is 1. The van der Waals surface area contributed by atoms with Crippen LogP contribution in [0.25, 0.3) is 10.6 Å². The molecule has 2 aromatic rings. The normalized spacial score (nSPS) is 22.7. The fraction of sp³-hybridized carbons (Fsp3) is 0.500. The van der Waals surface area contributed by atoms with E-state index in [4.69, 9.17) is 12.2 Å². The van der Waals surface area contributed by atoms with Crippen molar-refractivity contribution in [3.8, 4) is 10.6 Å². The number of hydrazine groups is 1. The van der Waals surface area contributed by atoms with Crippen LogP contribution in [-0.2, 0) is 0 Å². The van der Waals surface area contributed by atoms with Gasteiger partial charge < -0.3 is 5.32 Å². The van der Waals surface area contributed by atoms with Crippen LogP contribution in [0.5, 0.6) is 0 Å². The Balaban J connectivity index is 1.55. The van der Waals surface area contributed by atoms with E-state index in [1.54, 1.807) is 11.3 Å². The lowest BCUT2D eigenvalue weighted by Gasteiger charge is -2.35. The van der Waals surface area contributed by atoms with Gasteiger partial charge in [-0.3, -0.25) is 15.6 Å². The van der Waals surface area contributed by atoms with Gasteiger partial charge in [0, 0.05) is 17.0 Å². The van der Waals surface area contributed by atoms with Crippen LogP contribution in [-0.4, -0.2) is 22.0 Å². The van der Waals surface area contributed by atoms with Crippen LogP contribution in [0, 0.1) is 18.8 Å². The Bertz CT molecular complexity index is 772. The summed E-state index contributed by atoms with van der Waals surface area (Å²) in [4.78, 5) is 17.6. The van der Waals surface area contributed by atoms with Crippen molar-refractivity contribution in [1.29, 1.82) is 0 Å². The molecule has 3 atom stereocenters. The predicted molar refractivity (Wildman–Crippen MR) is 112 cm³/mol. The summed E-state index contributed by atoms with van der Waals surface area (Å²) in [6.45, 7) is 6.40. The fourth-order valence-electron chi connectivity index (χ4n) is 3.28. The lowest BCUT2D eigenvalue weighted by atomic mass is 9.78. The molecule has 26 heavy (non-hydrogen) atoms. The van der Waals surface area contributed by atoms with E-state index in [2.05, 4.69) is 35.0 Å². The maximum Gasteiger partial charge on any atom is 0.281 e. The van der Waals surface area contributed by atoms with Crippen LogP contribution in [0.3, 0.4) is 0 Å². The summed E-state index contributed by atoms with van der Waals surface area (Å²) in [6.07, 6.45) is 3.59. The van der Waals surface area contributed by atoms with Crippen LogP contribution in [0.4, 0.5) is 0 Å². The molecule has 1 aliphatic rings. The number of thiophene rings is 1. The number of nitrogens with one attached hydrogen (secondary N) is 3. The molecule has 2 heterocycles. The quantitative estimate of drug-likeness (QED) is 0.527. The third kappa shape index (κ3) is 4.42. The van der Waals surface area contributed by atoms with Gasteiger partial charge in [0.05, 0.1) is 5.69 Å². The van der Waals surface area contributed by atoms with Crippen LogP contribution in [0.2, 0.25) is 0 Å². The Hall–Kier alpha value is -1.51. The van der Waals surface area contributed by atoms with Crippen LogP contribution < -0.4 is 16.2 Å². The van der Waals surface area contributed by atoms with Gasteiger partial charge in [-0.1, -0.05) is 26.7 Å². The zero-order valence-electron chi connectivity index (χ0n) is 15.2. The number of aryl methyl sites for hydroxylation is 1. The van der Waals surface area contributed by atoms with Crippen LogP contribution >= 0.6 is 34.9 Å². The van der Waals surface area contributed by atoms with Crippen molar-refractivity contribution in [1.82, 2.24) is 21.2 Å². The van der Waals surface area contributed by atoms with Gasteiger partial charge in [0.15, 0.2) is 5.11 Å². The Morgan fingerprint density at radius 3 is 2.85 bits per heavy atom. The van der Waals surface area contributed by atoms with Crippen molar-refractivity contribution in [2.24, 2.45) is 11.8 Å². The van der Waals surface area contributed by atoms with E-state index in [0.29, 0.717) is 27.9 Å². The number of hydrogen-bond acceptors (Lipinski definition) is 5. The molecular weight excluding hydrogens is 384 g/mol. The summed E-state index contributed by atoms with van der Waals surface area (Å²) in [5.74, 6) is 1.04. The van der Waals surface area contributed by atoms with Gasteiger partial charge in [0.2, 0.25) is 0 Å². The molecule has 5 nitrogen and oxygen atoms in total. The molecule has 0 bridgehead atoms. The molecule has 0 spiro atoms. The van der Waals surface area contributed by atoms with Crippen molar-refractivity contribution in [2.45, 2.75) is 46.1 Å². The largest absolute Gasteiger partial charge is 0.358 e. The molecule has 1 amide bonds. The average Bonchev–Trinajstić information content (AvgIpc) is 3.26. The SMILES string of the molecule is Cc1nc(-c2ccsc2)sc1C(=O)NNC(=S)N[C@H]1CCC[C@H](C)[C@@H]1C. The number of hydrogen-bond donors (Lipinski definition) is 3. The molecule has 2 aromatic heterocycles. The third-order valence-electron chi connectivity index (χ3n) is 5.08. The maximum atomic E-state index is 12.5. The van der Waals surface area contributed by atoms with Crippen molar-refractivity contribution in [2.75, 3.05) is 0 Å². The number of aromatic nitrogens is 1. The molecule has 1 saturated carbocycles. The standard InChI is InChI=1S/C18H24N4OS3/c1-10-5-4-6-14(11(10)2)20-18(24)22-21-16(23)15-12(3)19-17(26-15)13-7-8-25-9-13/h7-11,14H,4-6H2,1-3H3,(H,21,23)(H2,20,22,24)/t10-,11-,14-/m0/s1. The molecule has 8 heteroatoms. The van der Waals surface area contributed by atoms with Gasteiger partial charge in [0.25, 0.3) is 5.91 Å². The molecule has 0 aliphatic heterocycles. The van der Waals surface area contributed by atoms with Crippen LogP contribution in [0.15, 0.2) is 16.8 Å². The molecule has 1 aliphatic carbocycles. The molecular formula is C18H24N4OS3. The van der Waals surface area contributed by atoms with Crippen molar-refractivity contribution < 1.29 is 4.79 Å². The minimum atomic E-state index is -0.212. The number of nitrogens with zero attached hydrogens (tertiary/aromatic N) is 1. The Morgan fingerprint density at radius 2 is 2.12 bits per heavy atom. The summed E-state index contributed by atoms with van der Waals surface area (Å²) in [6, 6.07) is 2.36. The highest BCUT2D eigenvalue weighted by atomic mass is 32.1. The zero-order chi connectivity index (χ0) is 18.7. The second kappa shape index (κ2) is 8.45. The summed E-state index contributed by atoms with van der Waals surface area (Å²) in [7, 11) is 0. The number of amides is 1. The molecule has 140 valence electrons. The fourth-order valence-corrected chi connectivity index (χ4v) is 5.15. The topological polar surface area (TPSA) is 66.0 Å². The highest BCUT2D eigenvalue weighted by Gasteiger charge is 2.27. The van der Waals surface area contributed by atoms with Crippen LogP contribution in [0.1, 0.15) is 48.5 Å². The van der Waals surface area contributed by atoms with Gasteiger partial charge in [-0.15, -0.1) is 11.3 Å². The van der Waals surface area contributed by atoms with Crippen molar-refractivity contribution >= 4 is 45.9 Å². The van der Waals surface area contributed by atoms with E-state index >= 15 is 0 Å². The van der Waals surface area contributed by atoms with Gasteiger partial charge in [-0.05, 0) is 48.8 Å². The first kappa shape index (κ1) is 19.3. The Morgan fingerprint density at radius 1 is 1.31 bits per heavy atom. The molecule has 1 fully saturated rings. The lowest BCUT2D eigenvalue weighted by Crippen LogP contribution is -2.52. The van der Waals surface area contributed by atoms with Gasteiger partial charge in [-0.2, -0.15) is 11.3 Å². The van der Waals surface area contributed by atoms with Crippen molar-refractivity contribution in [3.05, 3.63) is 27.4 Å². The van der Waals surface area contributed by atoms with E-state index < -0.39 is 0 Å². The predicted octanol–water partition coefficient (Wildman–Crippen LogP) is 4.11. The minimum Gasteiger partial charge on any atom is -0.358 e. The van der Waals surface area contributed by atoms with E-state index in [9.17, 15) is 4.79 Å². The number of thiazole rings is 1. The first-order valence-corrected chi connectivity index (χ1v) is 11.0. The van der Waals surface area contributed by atoms with Gasteiger partial charge >= 0.3 is 0 Å². The van der Waals surface area contributed by atoms with Gasteiger partial charge in [-0.25, -0.2) is 4.98 Å². The summed E-state index contributed by atoms with van der Waals surface area (Å²) in [5.41, 5.74) is 7.31. The number of rotatable bonds is 3. The van der Waals surface area contributed by atoms with Crippen molar-refractivity contribution in [3.63, 3.8) is 0 Å². The second-order valence-corrected chi connectivity index (χ2v) is 9.06. The van der Waals surface area contributed by atoms with E-state index in [-0.39, 0.29) is 5.91 Å². The number of carbonyl (C=O) groups is 1. The van der Waals surface area contributed by atoms with E-state index in [1.807, 2.05) is 23.8 Å². The van der Waals surface area contributed by atoms with E-state index in [1.165, 1.54) is 24.2 Å². The molecule has 0 aromatic carbocycles. The monoisotopic (exact) mass is 408 g/mol. The zero-order valence-corrected chi connectivity index (χ0v) is 17.6. The highest BCUT2D eigenvalue weighted by molar-refractivity contribution is 7.80. The maximum absolute atomic E-state index is 12.5. The molecule has 0 unspecified atom stereocenters. The first-order valence-electron chi connectivity index (χ1n) is 8.82. The summed E-state index contributed by atoms with van der Waals surface area (Å²) < 4.78 is 0.